The second-order valence-corrected chi connectivity index (χ2v) is 7.77. The number of hydrogen-bond acceptors (Lipinski definition) is 5. The van der Waals surface area contributed by atoms with Crippen LogP contribution in [0.4, 0.5) is 0 Å². The average molecular weight is 401 g/mol. The fraction of sp³-hybridized carbons (Fsp3) is 0.125. The lowest BCUT2D eigenvalue weighted by Crippen LogP contribution is -2.15. The Labute approximate surface area is 172 Å². The molecule has 0 aliphatic heterocycles. The van der Waals surface area contributed by atoms with Gasteiger partial charge in [-0.1, -0.05) is 54.1 Å². The Morgan fingerprint density at radius 3 is 2.45 bits per heavy atom. The van der Waals surface area contributed by atoms with Crippen LogP contribution < -0.4 is 0 Å². The third-order valence-electron chi connectivity index (χ3n) is 4.80. The molecular formula is C24H19NO3S. The highest BCUT2D eigenvalue weighted by atomic mass is 32.1. The topological polar surface area (TPSA) is 56.3 Å². The van der Waals surface area contributed by atoms with Crippen LogP contribution in [0.2, 0.25) is 0 Å². The molecule has 144 valence electrons. The summed E-state index contributed by atoms with van der Waals surface area (Å²) in [6.45, 7) is 3.61. The smallest absolute Gasteiger partial charge is 0.339 e. The summed E-state index contributed by atoms with van der Waals surface area (Å²) in [4.78, 5) is 30.6. The van der Waals surface area contributed by atoms with Gasteiger partial charge < -0.3 is 4.74 Å². The van der Waals surface area contributed by atoms with Gasteiger partial charge in [-0.05, 0) is 36.9 Å². The number of aromatic nitrogens is 1. The number of hydrogen-bond donors (Lipinski definition) is 0. The molecule has 0 fully saturated rings. The van der Waals surface area contributed by atoms with Crippen LogP contribution in [0.3, 0.4) is 0 Å². The second kappa shape index (κ2) is 7.97. The minimum atomic E-state index is -0.514. The van der Waals surface area contributed by atoms with Crippen molar-refractivity contribution in [3.63, 3.8) is 0 Å². The van der Waals surface area contributed by atoms with E-state index in [1.807, 2.05) is 67.8 Å². The van der Waals surface area contributed by atoms with Gasteiger partial charge in [-0.25, -0.2) is 9.78 Å². The molecule has 2 heterocycles. The maximum atomic E-state index is 13.0. The van der Waals surface area contributed by atoms with Gasteiger partial charge >= 0.3 is 5.97 Å². The summed E-state index contributed by atoms with van der Waals surface area (Å²) in [5, 5.41) is 2.54. The number of nitrogens with zero attached hydrogens (tertiary/aromatic N) is 1. The van der Waals surface area contributed by atoms with Crippen LogP contribution in [0, 0.1) is 13.8 Å². The maximum Gasteiger partial charge on any atom is 0.339 e. The van der Waals surface area contributed by atoms with Crippen LogP contribution in [0.1, 0.15) is 31.2 Å². The molecule has 5 heteroatoms. The van der Waals surface area contributed by atoms with E-state index in [0.29, 0.717) is 16.0 Å². The van der Waals surface area contributed by atoms with E-state index in [2.05, 4.69) is 0 Å². The van der Waals surface area contributed by atoms with E-state index in [1.54, 1.807) is 12.1 Å². The summed E-state index contributed by atoms with van der Waals surface area (Å²) in [6, 6.07) is 19.0. The molecule has 0 bridgehead atoms. The molecule has 0 saturated carbocycles. The first-order valence-electron chi connectivity index (χ1n) is 9.25. The van der Waals surface area contributed by atoms with E-state index >= 15 is 0 Å². The van der Waals surface area contributed by atoms with Gasteiger partial charge in [-0.2, -0.15) is 0 Å². The number of carbonyl (C=O) groups excluding carboxylic acids is 2. The second-order valence-electron chi connectivity index (χ2n) is 6.82. The van der Waals surface area contributed by atoms with Gasteiger partial charge in [0.2, 0.25) is 5.78 Å². The van der Waals surface area contributed by atoms with Crippen molar-refractivity contribution in [3.8, 4) is 11.3 Å². The minimum absolute atomic E-state index is 0.205. The van der Waals surface area contributed by atoms with Gasteiger partial charge in [-0.3, -0.25) is 4.79 Å². The molecule has 0 amide bonds. The lowest BCUT2D eigenvalue weighted by atomic mass is 9.97. The average Bonchev–Trinajstić information content (AvgIpc) is 3.27. The number of esters is 1. The number of pyridine rings is 1. The fourth-order valence-corrected chi connectivity index (χ4v) is 3.93. The van der Waals surface area contributed by atoms with Crippen molar-refractivity contribution in [2.45, 2.75) is 13.8 Å². The lowest BCUT2D eigenvalue weighted by molar-refractivity contribution is 0.0477. The number of fused-ring (bicyclic) bond motifs is 1. The third kappa shape index (κ3) is 3.82. The normalized spacial score (nSPS) is 10.8. The summed E-state index contributed by atoms with van der Waals surface area (Å²) in [5.74, 6) is -0.720. The van der Waals surface area contributed by atoms with E-state index < -0.39 is 5.97 Å². The van der Waals surface area contributed by atoms with Crippen LogP contribution in [-0.2, 0) is 4.74 Å². The van der Waals surface area contributed by atoms with Crippen LogP contribution in [0.5, 0.6) is 0 Å². The maximum absolute atomic E-state index is 13.0. The molecule has 0 N–H and O–H groups in total. The van der Waals surface area contributed by atoms with Gasteiger partial charge in [0.1, 0.15) is 0 Å². The first kappa shape index (κ1) is 19.0. The molecule has 4 rings (SSSR count). The van der Waals surface area contributed by atoms with Gasteiger partial charge in [0.25, 0.3) is 0 Å². The molecule has 2 aromatic heterocycles. The molecule has 4 aromatic rings. The fourth-order valence-electron chi connectivity index (χ4n) is 3.27. The molecule has 0 aliphatic carbocycles. The van der Waals surface area contributed by atoms with Crippen molar-refractivity contribution in [2.75, 3.05) is 6.61 Å². The molecule has 0 atom stereocenters. The molecule has 29 heavy (non-hydrogen) atoms. The zero-order chi connectivity index (χ0) is 20.4. The first-order valence-corrected chi connectivity index (χ1v) is 10.1. The molecule has 0 saturated heterocycles. The number of aryl methyl sites for hydroxylation is 1. The zero-order valence-corrected chi connectivity index (χ0v) is 17.0. The van der Waals surface area contributed by atoms with E-state index in [9.17, 15) is 9.59 Å². The molecule has 0 aliphatic rings. The Balaban J connectivity index is 1.74. The Kier molecular flexibility index (Phi) is 5.23. The Morgan fingerprint density at radius 1 is 0.966 bits per heavy atom. The number of Topliss-reactive ketones (excluding diaryl/α,β-unsaturated/α-hetero) is 1. The van der Waals surface area contributed by atoms with Crippen molar-refractivity contribution in [1.29, 1.82) is 0 Å². The van der Waals surface area contributed by atoms with Crippen molar-refractivity contribution >= 4 is 34.0 Å². The highest BCUT2D eigenvalue weighted by Crippen LogP contribution is 2.30. The van der Waals surface area contributed by atoms with Crippen molar-refractivity contribution in [2.24, 2.45) is 0 Å². The predicted octanol–water partition coefficient (Wildman–Crippen LogP) is 5.62. The van der Waals surface area contributed by atoms with E-state index in [4.69, 9.17) is 9.72 Å². The quantitative estimate of drug-likeness (QED) is 0.322. The Hall–Kier alpha value is -3.31. The number of rotatable bonds is 5. The summed E-state index contributed by atoms with van der Waals surface area (Å²) >= 11 is 1.33. The predicted molar refractivity (Wildman–Crippen MR) is 116 cm³/mol. The van der Waals surface area contributed by atoms with Gasteiger partial charge in [0, 0.05) is 10.9 Å². The SMILES string of the molecule is Cc1ccc(-c2nc3ccccc3c(C(=O)OCC(=O)c3cccs3)c2C)cc1. The minimum Gasteiger partial charge on any atom is -0.454 e. The first-order chi connectivity index (χ1) is 14.0. The van der Waals surface area contributed by atoms with Crippen molar-refractivity contribution < 1.29 is 14.3 Å². The van der Waals surface area contributed by atoms with E-state index in [0.717, 1.165) is 27.8 Å². The zero-order valence-electron chi connectivity index (χ0n) is 16.1. The molecule has 0 radical (unpaired) electrons. The highest BCUT2D eigenvalue weighted by molar-refractivity contribution is 7.12. The van der Waals surface area contributed by atoms with Gasteiger partial charge in [0.15, 0.2) is 6.61 Å². The molecular weight excluding hydrogens is 382 g/mol. The number of carbonyl (C=O) groups is 2. The van der Waals surface area contributed by atoms with E-state index in [1.165, 1.54) is 11.3 Å². The molecule has 4 nitrogen and oxygen atoms in total. The monoisotopic (exact) mass is 401 g/mol. The lowest BCUT2D eigenvalue weighted by Gasteiger charge is -2.14. The largest absolute Gasteiger partial charge is 0.454 e. The van der Waals surface area contributed by atoms with Crippen LogP contribution in [0.15, 0.2) is 66.0 Å². The number of benzene rings is 2. The Morgan fingerprint density at radius 2 is 1.72 bits per heavy atom. The summed E-state index contributed by atoms with van der Waals surface area (Å²) in [5.41, 5.74) is 4.72. The molecule has 0 unspecified atom stereocenters. The third-order valence-corrected chi connectivity index (χ3v) is 5.71. The number of para-hydroxylation sites is 1. The number of thiophene rings is 1. The summed E-state index contributed by atoms with van der Waals surface area (Å²) in [6.07, 6.45) is 0. The van der Waals surface area contributed by atoms with E-state index in [-0.39, 0.29) is 12.4 Å². The molecule has 0 spiro atoms. The van der Waals surface area contributed by atoms with Crippen LogP contribution >= 0.6 is 11.3 Å². The van der Waals surface area contributed by atoms with Crippen molar-refractivity contribution in [1.82, 2.24) is 4.98 Å². The summed E-state index contributed by atoms with van der Waals surface area (Å²) in [7, 11) is 0. The number of ether oxygens (including phenoxy) is 1. The van der Waals surface area contributed by atoms with Crippen molar-refractivity contribution in [3.05, 3.63) is 87.6 Å². The number of ketones is 1. The van der Waals surface area contributed by atoms with Gasteiger partial charge in [0.05, 0.1) is 21.7 Å². The highest BCUT2D eigenvalue weighted by Gasteiger charge is 2.21. The van der Waals surface area contributed by atoms with Crippen LogP contribution in [-0.4, -0.2) is 23.3 Å². The summed E-state index contributed by atoms with van der Waals surface area (Å²) < 4.78 is 5.40. The standard InChI is InChI=1S/C24H19NO3S/c1-15-9-11-17(12-10-15)23-16(2)22(18-6-3-4-7-19(18)25-23)24(27)28-14-20(26)21-8-5-13-29-21/h3-13H,14H2,1-2H3. The molecule has 2 aromatic carbocycles. The van der Waals surface area contributed by atoms with Crippen LogP contribution in [0.25, 0.3) is 22.2 Å². The van der Waals surface area contributed by atoms with Gasteiger partial charge in [-0.15, -0.1) is 11.3 Å². The Bertz CT molecular complexity index is 1200.